The van der Waals surface area contributed by atoms with Crippen molar-refractivity contribution in [2.75, 3.05) is 0 Å². The lowest BCUT2D eigenvalue weighted by Gasteiger charge is -1.74. The zero-order valence-corrected chi connectivity index (χ0v) is 5.17. The number of aliphatic carboxylic acids is 2. The molecule has 0 bridgehead atoms. The number of hydrogen-bond acceptors (Lipinski definition) is 5. The van der Waals surface area contributed by atoms with Crippen molar-refractivity contribution in [3.63, 3.8) is 0 Å². The summed E-state index contributed by atoms with van der Waals surface area (Å²) in [7, 11) is 0. The highest BCUT2D eigenvalue weighted by Crippen LogP contribution is 1.70. The molecule has 0 aromatic rings. The van der Waals surface area contributed by atoms with Gasteiger partial charge in [-0.25, -0.2) is 20.1 Å². The van der Waals surface area contributed by atoms with Crippen molar-refractivity contribution >= 4 is 11.9 Å². The van der Waals surface area contributed by atoms with Gasteiger partial charge in [-0.1, -0.05) is 5.04 Å². The highest BCUT2D eigenvalue weighted by atomic mass is 17.4. The summed E-state index contributed by atoms with van der Waals surface area (Å²) in [6.45, 7) is 0. The van der Waals surface area contributed by atoms with Gasteiger partial charge in [0.2, 0.25) is 0 Å². The Labute approximate surface area is 60.6 Å². The summed E-state index contributed by atoms with van der Waals surface area (Å²) in [6, 6.07) is 0. The van der Waals surface area contributed by atoms with Gasteiger partial charge in [0.05, 0.1) is 0 Å². The van der Waals surface area contributed by atoms with E-state index in [1.807, 2.05) is 0 Å². The molecular formula is C4H6O7. The smallest absolute Gasteiger partial charge is 0.328 e. The van der Waals surface area contributed by atoms with Gasteiger partial charge in [-0.3, -0.25) is 0 Å². The molecule has 0 aromatic heterocycles. The molecule has 0 saturated heterocycles. The van der Waals surface area contributed by atoms with Crippen LogP contribution >= 0.6 is 0 Å². The van der Waals surface area contributed by atoms with Crippen molar-refractivity contribution in [1.29, 1.82) is 0 Å². The van der Waals surface area contributed by atoms with Gasteiger partial charge in [0, 0.05) is 12.2 Å². The molecular weight excluding hydrogens is 160 g/mol. The van der Waals surface area contributed by atoms with Gasteiger partial charge in [-0.2, -0.15) is 0 Å². The Kier molecular flexibility index (Phi) is 9.54. The van der Waals surface area contributed by atoms with Crippen molar-refractivity contribution in [2.45, 2.75) is 0 Å². The standard InChI is InChI=1S/C4H4O4.H2O3/c5-3(6)1-2-4(7)8;1-3-2/h1-2H,(H,5,6)(H,7,8);1-2H. The van der Waals surface area contributed by atoms with Crippen LogP contribution in [0.2, 0.25) is 0 Å². The second-order valence-electron chi connectivity index (χ2n) is 1.09. The van der Waals surface area contributed by atoms with Crippen LogP contribution in [0.5, 0.6) is 0 Å². The fourth-order valence-corrected chi connectivity index (χ4v) is 0.143. The molecule has 0 spiro atoms. The molecule has 0 rings (SSSR count). The predicted octanol–water partition coefficient (Wildman–Crippen LogP) is -0.339. The summed E-state index contributed by atoms with van der Waals surface area (Å²) in [4.78, 5) is 19.1. The van der Waals surface area contributed by atoms with E-state index in [9.17, 15) is 9.59 Å². The Morgan fingerprint density at radius 1 is 1.00 bits per heavy atom. The first-order valence-corrected chi connectivity index (χ1v) is 2.13. The van der Waals surface area contributed by atoms with Crippen molar-refractivity contribution < 1.29 is 35.4 Å². The summed E-state index contributed by atoms with van der Waals surface area (Å²) in [6.07, 6.45) is 1.12. The maximum atomic E-state index is 9.55. The lowest BCUT2D eigenvalue weighted by Crippen LogP contribution is -1.91. The highest BCUT2D eigenvalue weighted by molar-refractivity contribution is 5.89. The minimum atomic E-state index is -1.26. The van der Waals surface area contributed by atoms with Crippen LogP contribution in [0.3, 0.4) is 0 Å². The minimum absolute atomic E-state index is 0.558. The van der Waals surface area contributed by atoms with Crippen LogP contribution in [0.4, 0.5) is 0 Å². The van der Waals surface area contributed by atoms with Crippen molar-refractivity contribution in [2.24, 2.45) is 0 Å². The van der Waals surface area contributed by atoms with E-state index in [1.54, 1.807) is 0 Å². The molecule has 0 aromatic carbocycles. The Morgan fingerprint density at radius 2 is 1.18 bits per heavy atom. The molecule has 0 atom stereocenters. The van der Waals surface area contributed by atoms with Crippen molar-refractivity contribution in [3.05, 3.63) is 12.2 Å². The Hall–Kier alpha value is -1.44. The number of carbonyl (C=O) groups is 2. The van der Waals surface area contributed by atoms with E-state index in [0.717, 1.165) is 0 Å². The van der Waals surface area contributed by atoms with Crippen LogP contribution < -0.4 is 0 Å². The van der Waals surface area contributed by atoms with Crippen molar-refractivity contribution in [3.8, 4) is 0 Å². The van der Waals surface area contributed by atoms with Gasteiger partial charge in [0.1, 0.15) is 0 Å². The third-order valence-electron chi connectivity index (χ3n) is 0.368. The molecule has 0 heterocycles. The molecule has 7 nitrogen and oxygen atoms in total. The molecule has 0 fully saturated rings. The van der Waals surface area contributed by atoms with Crippen LogP contribution in [0.1, 0.15) is 0 Å². The van der Waals surface area contributed by atoms with Crippen LogP contribution in [-0.2, 0) is 14.6 Å². The molecule has 11 heavy (non-hydrogen) atoms. The molecule has 0 unspecified atom stereocenters. The van der Waals surface area contributed by atoms with E-state index < -0.39 is 11.9 Å². The lowest BCUT2D eigenvalue weighted by molar-refractivity contribution is -0.465. The number of carboxylic acids is 2. The quantitative estimate of drug-likeness (QED) is 0.251. The minimum Gasteiger partial charge on any atom is -0.478 e. The summed E-state index contributed by atoms with van der Waals surface area (Å²) >= 11 is 0. The van der Waals surface area contributed by atoms with E-state index in [1.165, 1.54) is 0 Å². The molecule has 0 aliphatic carbocycles. The molecule has 0 saturated carbocycles. The van der Waals surface area contributed by atoms with E-state index >= 15 is 0 Å². The molecule has 7 heteroatoms. The normalized spacial score (nSPS) is 8.55. The second kappa shape index (κ2) is 8.56. The SMILES string of the molecule is O=C(O)C=CC(=O)O.OOO. The molecule has 0 aliphatic rings. The van der Waals surface area contributed by atoms with Crippen LogP contribution in [0, 0.1) is 0 Å². The predicted molar refractivity (Wildman–Crippen MR) is 30.8 cm³/mol. The first-order valence-electron chi connectivity index (χ1n) is 2.13. The summed E-state index contributed by atoms with van der Waals surface area (Å²) in [5.41, 5.74) is 0. The van der Waals surface area contributed by atoms with E-state index in [2.05, 4.69) is 5.04 Å². The Morgan fingerprint density at radius 3 is 1.27 bits per heavy atom. The number of hydrogen-bond donors (Lipinski definition) is 4. The number of carboxylic acid groups (broad SMARTS) is 2. The Balaban J connectivity index is 0. The van der Waals surface area contributed by atoms with E-state index in [-0.39, 0.29) is 0 Å². The maximum absolute atomic E-state index is 9.55. The highest BCUT2D eigenvalue weighted by Gasteiger charge is 1.88. The van der Waals surface area contributed by atoms with Crippen molar-refractivity contribution in [1.82, 2.24) is 0 Å². The van der Waals surface area contributed by atoms with Crippen LogP contribution in [0.15, 0.2) is 12.2 Å². The molecule has 0 aliphatic heterocycles. The zero-order chi connectivity index (χ0) is 9.28. The number of rotatable bonds is 2. The molecule has 4 N–H and O–H groups in total. The largest absolute Gasteiger partial charge is 0.478 e. The second-order valence-corrected chi connectivity index (χ2v) is 1.09. The summed E-state index contributed by atoms with van der Waals surface area (Å²) < 4.78 is 0. The zero-order valence-electron chi connectivity index (χ0n) is 5.17. The summed E-state index contributed by atoms with van der Waals surface area (Å²) in [5.74, 6) is -2.51. The van der Waals surface area contributed by atoms with Crippen LogP contribution in [-0.4, -0.2) is 32.7 Å². The first kappa shape index (κ1) is 12.3. The Bertz CT molecular complexity index is 133. The fraction of sp³-hybridized carbons (Fsp3) is 0. The van der Waals surface area contributed by atoms with Gasteiger partial charge in [0.15, 0.2) is 0 Å². The average Bonchev–Trinajstić information content (AvgIpc) is 1.85. The molecule has 64 valence electrons. The summed E-state index contributed by atoms with van der Waals surface area (Å²) in [5, 5.41) is 31.1. The average molecular weight is 166 g/mol. The third kappa shape index (κ3) is 29.1. The first-order chi connectivity index (χ1) is 5.04. The molecule has 0 amide bonds. The van der Waals surface area contributed by atoms with Gasteiger partial charge >= 0.3 is 11.9 Å². The molecule has 0 radical (unpaired) electrons. The van der Waals surface area contributed by atoms with Gasteiger partial charge in [-0.15, -0.1) is 0 Å². The topological polar surface area (TPSA) is 124 Å². The van der Waals surface area contributed by atoms with Crippen LogP contribution in [0.25, 0.3) is 0 Å². The van der Waals surface area contributed by atoms with Gasteiger partial charge < -0.3 is 10.2 Å². The third-order valence-corrected chi connectivity index (χ3v) is 0.368. The van der Waals surface area contributed by atoms with E-state index in [4.69, 9.17) is 20.7 Å². The monoisotopic (exact) mass is 166 g/mol. The van der Waals surface area contributed by atoms with E-state index in [0.29, 0.717) is 12.2 Å². The maximum Gasteiger partial charge on any atom is 0.328 e. The van der Waals surface area contributed by atoms with Gasteiger partial charge in [0.25, 0.3) is 0 Å². The fourth-order valence-electron chi connectivity index (χ4n) is 0.143. The van der Waals surface area contributed by atoms with Gasteiger partial charge in [-0.05, 0) is 0 Å². The lowest BCUT2D eigenvalue weighted by atomic mass is 10.5.